The molecule has 3 aromatic rings. The fourth-order valence-electron chi connectivity index (χ4n) is 2.04. The second-order valence-electron chi connectivity index (χ2n) is 4.65. The van der Waals surface area contributed by atoms with E-state index in [1.807, 2.05) is 55.5 Å². The van der Waals surface area contributed by atoms with Gasteiger partial charge in [-0.25, -0.2) is 4.98 Å². The Balaban J connectivity index is 1.72. The van der Waals surface area contributed by atoms with E-state index < -0.39 is 0 Å². The average molecular weight is 294 g/mol. The van der Waals surface area contributed by atoms with Gasteiger partial charge in [-0.05, 0) is 36.8 Å². The van der Waals surface area contributed by atoms with Gasteiger partial charge in [0.15, 0.2) is 0 Å². The summed E-state index contributed by atoms with van der Waals surface area (Å²) in [6, 6.07) is 15.5. The Labute approximate surface area is 127 Å². The number of aromatic nitrogens is 1. The number of fused-ring (bicyclic) bond motifs is 1. The lowest BCUT2D eigenvalue weighted by Gasteiger charge is -2.01. The zero-order valence-corrected chi connectivity index (χ0v) is 12.4. The van der Waals surface area contributed by atoms with Gasteiger partial charge in [0.2, 0.25) is 5.91 Å². The second kappa shape index (κ2) is 5.89. The Morgan fingerprint density at radius 3 is 2.81 bits per heavy atom. The highest BCUT2D eigenvalue weighted by atomic mass is 32.1. The Kier molecular flexibility index (Phi) is 3.79. The van der Waals surface area contributed by atoms with Gasteiger partial charge in [0.05, 0.1) is 15.2 Å². The van der Waals surface area contributed by atoms with Gasteiger partial charge in [0.25, 0.3) is 0 Å². The van der Waals surface area contributed by atoms with E-state index in [-0.39, 0.29) is 5.91 Å². The van der Waals surface area contributed by atoms with Gasteiger partial charge in [-0.2, -0.15) is 0 Å². The third-order valence-corrected chi connectivity index (χ3v) is 3.92. The highest BCUT2D eigenvalue weighted by Crippen LogP contribution is 2.24. The van der Waals surface area contributed by atoms with Gasteiger partial charge < -0.3 is 5.32 Å². The molecule has 0 spiro atoms. The molecule has 0 bridgehead atoms. The molecule has 21 heavy (non-hydrogen) atoms. The van der Waals surface area contributed by atoms with Crippen molar-refractivity contribution in [2.24, 2.45) is 0 Å². The second-order valence-corrected chi connectivity index (χ2v) is 5.88. The van der Waals surface area contributed by atoms with Crippen LogP contribution in [0.15, 0.2) is 54.6 Å². The molecule has 1 N–H and O–H groups in total. The first kappa shape index (κ1) is 13.5. The highest BCUT2D eigenvalue weighted by Gasteiger charge is 2.03. The first-order valence-corrected chi connectivity index (χ1v) is 7.44. The molecular weight excluding hydrogens is 280 g/mol. The van der Waals surface area contributed by atoms with Crippen molar-refractivity contribution in [3.63, 3.8) is 0 Å². The molecule has 0 aliphatic carbocycles. The summed E-state index contributed by atoms with van der Waals surface area (Å²) in [7, 11) is 0. The first-order valence-electron chi connectivity index (χ1n) is 6.62. The molecule has 0 aliphatic heterocycles. The lowest BCUT2D eigenvalue weighted by Crippen LogP contribution is -2.07. The van der Waals surface area contributed by atoms with Gasteiger partial charge in [-0.15, -0.1) is 11.3 Å². The molecule has 2 aromatic carbocycles. The van der Waals surface area contributed by atoms with Crippen molar-refractivity contribution in [3.8, 4) is 0 Å². The summed E-state index contributed by atoms with van der Waals surface area (Å²) in [5.74, 6) is -0.139. The monoisotopic (exact) mass is 294 g/mol. The third-order valence-electron chi connectivity index (χ3n) is 2.99. The van der Waals surface area contributed by atoms with Crippen molar-refractivity contribution in [3.05, 3.63) is 65.2 Å². The molecule has 0 radical (unpaired) electrons. The molecule has 0 unspecified atom stereocenters. The number of amides is 1. The maximum absolute atomic E-state index is 11.9. The molecular formula is C17H14N2OS. The molecule has 0 aliphatic rings. The van der Waals surface area contributed by atoms with Crippen LogP contribution in [0.25, 0.3) is 16.3 Å². The highest BCUT2D eigenvalue weighted by molar-refractivity contribution is 7.18. The average Bonchev–Trinajstić information content (AvgIpc) is 2.85. The molecule has 1 aromatic heterocycles. The summed E-state index contributed by atoms with van der Waals surface area (Å²) in [4.78, 5) is 16.3. The fourth-order valence-corrected chi connectivity index (χ4v) is 2.90. The number of carbonyl (C=O) groups excluding carboxylic acids is 1. The summed E-state index contributed by atoms with van der Waals surface area (Å²) in [5.41, 5.74) is 2.75. The molecule has 4 heteroatoms. The summed E-state index contributed by atoms with van der Waals surface area (Å²) in [5, 5.41) is 3.89. The summed E-state index contributed by atoms with van der Waals surface area (Å²) in [6.07, 6.45) is 3.34. The van der Waals surface area contributed by atoms with E-state index in [1.165, 1.54) is 6.08 Å². The molecule has 0 fully saturated rings. The van der Waals surface area contributed by atoms with Gasteiger partial charge in [-0.3, -0.25) is 4.79 Å². The number of rotatable bonds is 3. The van der Waals surface area contributed by atoms with Crippen LogP contribution in [0.5, 0.6) is 0 Å². The SMILES string of the molecule is Cc1nc2ccc(NC(=O)/C=C/c3ccccc3)cc2s1. The van der Waals surface area contributed by atoms with Crippen molar-refractivity contribution in [1.29, 1.82) is 0 Å². The largest absolute Gasteiger partial charge is 0.322 e. The van der Waals surface area contributed by atoms with Crippen molar-refractivity contribution < 1.29 is 4.79 Å². The van der Waals surface area contributed by atoms with Crippen molar-refractivity contribution >= 4 is 39.2 Å². The zero-order chi connectivity index (χ0) is 14.7. The maximum atomic E-state index is 11.9. The van der Waals surface area contributed by atoms with Crippen LogP contribution in [0, 0.1) is 6.92 Å². The summed E-state index contributed by atoms with van der Waals surface area (Å²) >= 11 is 1.62. The number of anilines is 1. The predicted octanol–water partition coefficient (Wildman–Crippen LogP) is 4.26. The van der Waals surface area contributed by atoms with Gasteiger partial charge in [0, 0.05) is 11.8 Å². The molecule has 1 heterocycles. The number of hydrogen-bond acceptors (Lipinski definition) is 3. The van der Waals surface area contributed by atoms with Crippen molar-refractivity contribution in [2.75, 3.05) is 5.32 Å². The number of benzene rings is 2. The Hall–Kier alpha value is -2.46. The molecule has 3 rings (SSSR count). The number of aryl methyl sites for hydroxylation is 1. The van der Waals surface area contributed by atoms with Crippen LogP contribution in [0.4, 0.5) is 5.69 Å². The fraction of sp³-hybridized carbons (Fsp3) is 0.0588. The molecule has 0 saturated heterocycles. The number of carbonyl (C=O) groups is 1. The van der Waals surface area contributed by atoms with Crippen LogP contribution in [0.2, 0.25) is 0 Å². The Morgan fingerprint density at radius 1 is 1.19 bits per heavy atom. The van der Waals surface area contributed by atoms with E-state index in [9.17, 15) is 4.79 Å². The zero-order valence-electron chi connectivity index (χ0n) is 11.5. The predicted molar refractivity (Wildman–Crippen MR) is 88.5 cm³/mol. The number of nitrogens with one attached hydrogen (secondary N) is 1. The van der Waals surface area contributed by atoms with Crippen LogP contribution >= 0.6 is 11.3 Å². The van der Waals surface area contributed by atoms with Crippen LogP contribution < -0.4 is 5.32 Å². The number of thiazole rings is 1. The minimum Gasteiger partial charge on any atom is -0.322 e. The molecule has 1 amide bonds. The molecule has 3 nitrogen and oxygen atoms in total. The van der Waals surface area contributed by atoms with E-state index in [0.29, 0.717) is 0 Å². The lowest BCUT2D eigenvalue weighted by atomic mass is 10.2. The van der Waals surface area contributed by atoms with E-state index in [0.717, 1.165) is 26.5 Å². The smallest absolute Gasteiger partial charge is 0.248 e. The van der Waals surface area contributed by atoms with Crippen LogP contribution in [-0.2, 0) is 4.79 Å². The van der Waals surface area contributed by atoms with Crippen molar-refractivity contribution in [2.45, 2.75) is 6.92 Å². The molecule has 0 atom stereocenters. The van der Waals surface area contributed by atoms with Crippen LogP contribution in [0.3, 0.4) is 0 Å². The minimum atomic E-state index is -0.139. The lowest BCUT2D eigenvalue weighted by molar-refractivity contribution is -0.111. The topological polar surface area (TPSA) is 42.0 Å². The Morgan fingerprint density at radius 2 is 2.00 bits per heavy atom. The third kappa shape index (κ3) is 3.35. The molecule has 0 saturated carbocycles. The van der Waals surface area contributed by atoms with Crippen LogP contribution in [-0.4, -0.2) is 10.9 Å². The maximum Gasteiger partial charge on any atom is 0.248 e. The standard InChI is InChI=1S/C17H14N2OS/c1-12-18-15-9-8-14(11-16(15)21-12)19-17(20)10-7-13-5-3-2-4-6-13/h2-11H,1H3,(H,19,20)/b10-7+. The van der Waals surface area contributed by atoms with E-state index in [1.54, 1.807) is 17.4 Å². The van der Waals surface area contributed by atoms with E-state index >= 15 is 0 Å². The van der Waals surface area contributed by atoms with Crippen molar-refractivity contribution in [1.82, 2.24) is 4.98 Å². The van der Waals surface area contributed by atoms with Gasteiger partial charge >= 0.3 is 0 Å². The number of hydrogen-bond donors (Lipinski definition) is 1. The summed E-state index contributed by atoms with van der Waals surface area (Å²) in [6.45, 7) is 1.98. The minimum absolute atomic E-state index is 0.139. The van der Waals surface area contributed by atoms with Gasteiger partial charge in [-0.1, -0.05) is 30.3 Å². The van der Waals surface area contributed by atoms with Gasteiger partial charge in [0.1, 0.15) is 0 Å². The first-order chi connectivity index (χ1) is 10.2. The quantitative estimate of drug-likeness (QED) is 0.733. The normalized spacial score (nSPS) is 11.1. The number of nitrogens with zero attached hydrogens (tertiary/aromatic N) is 1. The van der Waals surface area contributed by atoms with Crippen LogP contribution in [0.1, 0.15) is 10.6 Å². The molecule has 104 valence electrons. The Bertz CT molecular complexity index is 806. The van der Waals surface area contributed by atoms with E-state index in [2.05, 4.69) is 10.3 Å². The summed E-state index contributed by atoms with van der Waals surface area (Å²) < 4.78 is 1.08. The van der Waals surface area contributed by atoms with E-state index in [4.69, 9.17) is 0 Å².